The molecule has 0 fully saturated rings. The van der Waals surface area contributed by atoms with Crippen LogP contribution in [-0.4, -0.2) is 27.8 Å². The van der Waals surface area contributed by atoms with Gasteiger partial charge < -0.3 is 10.3 Å². The molecule has 0 unspecified atom stereocenters. The average Bonchev–Trinajstić information content (AvgIpc) is 2.84. The Bertz CT molecular complexity index is 630. The van der Waals surface area contributed by atoms with Crippen molar-refractivity contribution in [3.05, 3.63) is 38.9 Å². The quantitative estimate of drug-likeness (QED) is 0.667. The molecule has 2 aromatic rings. The predicted octanol–water partition coefficient (Wildman–Crippen LogP) is 2.06. The summed E-state index contributed by atoms with van der Waals surface area (Å²) in [5.74, 6) is 5.41. The van der Waals surface area contributed by atoms with Crippen LogP contribution >= 0.6 is 22.9 Å². The summed E-state index contributed by atoms with van der Waals surface area (Å²) < 4.78 is 0. The van der Waals surface area contributed by atoms with Crippen LogP contribution in [0, 0.1) is 6.92 Å². The minimum absolute atomic E-state index is 0.173. The van der Waals surface area contributed by atoms with Gasteiger partial charge in [-0.3, -0.25) is 4.79 Å². The zero-order valence-electron chi connectivity index (χ0n) is 11.1. The number of nitrogens with one attached hydrogen (secondary N) is 1. The van der Waals surface area contributed by atoms with Crippen LogP contribution in [0.3, 0.4) is 0 Å². The third-order valence-corrected chi connectivity index (χ3v) is 3.99. The summed E-state index contributed by atoms with van der Waals surface area (Å²) in [7, 11) is 1.70. The third-order valence-electron chi connectivity index (χ3n) is 2.77. The van der Waals surface area contributed by atoms with Gasteiger partial charge in [0.15, 0.2) is 0 Å². The minimum atomic E-state index is -0.264. The molecule has 6 nitrogen and oxygen atoms in total. The standard InChI is InChI=1S/C12H14ClN5OS/c1-7-9(20-6-15-7)5-18(2)12(19)11-8(13)3-4-10(16-11)17-14/h3-4,6H,5,14H2,1-2H3,(H,16,17). The van der Waals surface area contributed by atoms with Crippen LogP contribution < -0.4 is 11.3 Å². The SMILES string of the molecule is Cc1ncsc1CN(C)C(=O)c1nc(NN)ccc1Cl. The Morgan fingerprint density at radius 1 is 1.55 bits per heavy atom. The summed E-state index contributed by atoms with van der Waals surface area (Å²) in [6.45, 7) is 2.38. The largest absolute Gasteiger partial charge is 0.335 e. The molecule has 0 aliphatic rings. The first-order valence-corrected chi connectivity index (χ1v) is 7.06. The normalized spacial score (nSPS) is 10.4. The van der Waals surface area contributed by atoms with Gasteiger partial charge in [-0.25, -0.2) is 15.8 Å². The Morgan fingerprint density at radius 3 is 2.90 bits per heavy atom. The van der Waals surface area contributed by atoms with E-state index in [1.807, 2.05) is 6.92 Å². The van der Waals surface area contributed by atoms with E-state index in [4.69, 9.17) is 17.4 Å². The molecular weight excluding hydrogens is 298 g/mol. The summed E-state index contributed by atoms with van der Waals surface area (Å²) in [4.78, 5) is 23.2. The molecule has 2 aromatic heterocycles. The number of nitrogens with two attached hydrogens (primary N) is 1. The smallest absolute Gasteiger partial charge is 0.274 e. The van der Waals surface area contributed by atoms with Crippen molar-refractivity contribution < 1.29 is 4.79 Å². The highest BCUT2D eigenvalue weighted by molar-refractivity contribution is 7.09. The molecule has 1 amide bonds. The molecule has 0 saturated heterocycles. The molecule has 106 valence electrons. The van der Waals surface area contributed by atoms with E-state index in [-0.39, 0.29) is 11.6 Å². The van der Waals surface area contributed by atoms with E-state index in [0.29, 0.717) is 17.4 Å². The van der Waals surface area contributed by atoms with Gasteiger partial charge in [-0.2, -0.15) is 0 Å². The van der Waals surface area contributed by atoms with Crippen molar-refractivity contribution in [3.63, 3.8) is 0 Å². The van der Waals surface area contributed by atoms with E-state index in [1.54, 1.807) is 29.6 Å². The summed E-state index contributed by atoms with van der Waals surface area (Å²) in [6.07, 6.45) is 0. The number of aromatic nitrogens is 2. The molecular formula is C12H14ClN5OS. The summed E-state index contributed by atoms with van der Waals surface area (Å²) in [5.41, 5.74) is 5.25. The zero-order chi connectivity index (χ0) is 14.7. The molecule has 0 aliphatic carbocycles. The maximum Gasteiger partial charge on any atom is 0.274 e. The van der Waals surface area contributed by atoms with Crippen molar-refractivity contribution in [2.45, 2.75) is 13.5 Å². The van der Waals surface area contributed by atoms with Crippen LogP contribution in [0.15, 0.2) is 17.6 Å². The maximum atomic E-state index is 12.4. The lowest BCUT2D eigenvalue weighted by atomic mass is 10.3. The number of carbonyl (C=O) groups is 1. The van der Waals surface area contributed by atoms with Gasteiger partial charge in [0.25, 0.3) is 5.91 Å². The molecule has 0 saturated carbocycles. The fourth-order valence-corrected chi connectivity index (χ4v) is 2.63. The Kier molecular flexibility index (Phi) is 4.53. The van der Waals surface area contributed by atoms with Crippen molar-refractivity contribution in [2.24, 2.45) is 5.84 Å². The number of hydrogen-bond acceptors (Lipinski definition) is 6. The van der Waals surface area contributed by atoms with Gasteiger partial charge in [-0.05, 0) is 19.1 Å². The van der Waals surface area contributed by atoms with Crippen molar-refractivity contribution in [3.8, 4) is 0 Å². The Hall–Kier alpha value is -1.70. The molecule has 0 aromatic carbocycles. The van der Waals surface area contributed by atoms with E-state index in [1.165, 1.54) is 11.3 Å². The number of nitrogen functional groups attached to an aromatic ring is 1. The monoisotopic (exact) mass is 311 g/mol. The Labute approximate surface area is 125 Å². The number of amides is 1. The highest BCUT2D eigenvalue weighted by atomic mass is 35.5. The second-order valence-corrected chi connectivity index (χ2v) is 5.54. The van der Waals surface area contributed by atoms with Crippen molar-refractivity contribution in [1.29, 1.82) is 0 Å². The summed E-state index contributed by atoms with van der Waals surface area (Å²) in [6, 6.07) is 3.19. The van der Waals surface area contributed by atoms with Gasteiger partial charge in [-0.1, -0.05) is 11.6 Å². The number of rotatable bonds is 4. The van der Waals surface area contributed by atoms with Gasteiger partial charge in [0.05, 0.1) is 22.8 Å². The fourth-order valence-electron chi connectivity index (χ4n) is 1.62. The van der Waals surface area contributed by atoms with E-state index in [9.17, 15) is 4.79 Å². The van der Waals surface area contributed by atoms with Crippen LogP contribution in [0.25, 0.3) is 0 Å². The van der Waals surface area contributed by atoms with E-state index < -0.39 is 0 Å². The number of halogens is 1. The number of pyridine rings is 1. The number of carbonyl (C=O) groups excluding carboxylic acids is 1. The number of hydrazine groups is 1. The van der Waals surface area contributed by atoms with Crippen LogP contribution in [-0.2, 0) is 6.54 Å². The molecule has 2 heterocycles. The molecule has 2 rings (SSSR count). The van der Waals surface area contributed by atoms with Crippen LogP contribution in [0.4, 0.5) is 5.82 Å². The van der Waals surface area contributed by atoms with Gasteiger partial charge in [-0.15, -0.1) is 11.3 Å². The summed E-state index contributed by atoms with van der Waals surface area (Å²) >= 11 is 7.53. The first kappa shape index (κ1) is 14.7. The van der Waals surface area contributed by atoms with Crippen molar-refractivity contribution in [2.75, 3.05) is 12.5 Å². The lowest BCUT2D eigenvalue weighted by molar-refractivity contribution is 0.0781. The molecule has 3 N–H and O–H groups in total. The molecule has 0 spiro atoms. The Morgan fingerprint density at radius 2 is 2.30 bits per heavy atom. The fraction of sp³-hybridized carbons (Fsp3) is 0.250. The van der Waals surface area contributed by atoms with Crippen LogP contribution in [0.5, 0.6) is 0 Å². The van der Waals surface area contributed by atoms with Crippen LogP contribution in [0.2, 0.25) is 5.02 Å². The first-order valence-electron chi connectivity index (χ1n) is 5.80. The lowest BCUT2D eigenvalue weighted by Gasteiger charge is -2.17. The zero-order valence-corrected chi connectivity index (χ0v) is 12.6. The third kappa shape index (κ3) is 3.06. The van der Waals surface area contributed by atoms with E-state index in [2.05, 4.69) is 15.4 Å². The lowest BCUT2D eigenvalue weighted by Crippen LogP contribution is -2.27. The van der Waals surface area contributed by atoms with E-state index in [0.717, 1.165) is 10.6 Å². The predicted molar refractivity (Wildman–Crippen MR) is 79.7 cm³/mol. The highest BCUT2D eigenvalue weighted by Gasteiger charge is 2.19. The molecule has 8 heteroatoms. The molecule has 0 bridgehead atoms. The average molecular weight is 312 g/mol. The first-order chi connectivity index (χ1) is 9.52. The van der Waals surface area contributed by atoms with Gasteiger partial charge >= 0.3 is 0 Å². The number of thiazole rings is 1. The molecule has 0 aliphatic heterocycles. The maximum absolute atomic E-state index is 12.4. The number of anilines is 1. The summed E-state index contributed by atoms with van der Waals surface area (Å²) in [5, 5.41) is 0.293. The van der Waals surface area contributed by atoms with Gasteiger partial charge in [0, 0.05) is 11.9 Å². The minimum Gasteiger partial charge on any atom is -0.335 e. The number of hydrogen-bond donors (Lipinski definition) is 2. The molecule has 0 atom stereocenters. The number of nitrogens with zero attached hydrogens (tertiary/aromatic N) is 3. The number of aryl methyl sites for hydroxylation is 1. The van der Waals surface area contributed by atoms with Crippen LogP contribution in [0.1, 0.15) is 21.1 Å². The highest BCUT2D eigenvalue weighted by Crippen LogP contribution is 2.20. The van der Waals surface area contributed by atoms with E-state index >= 15 is 0 Å². The van der Waals surface area contributed by atoms with Gasteiger partial charge in [0.2, 0.25) is 0 Å². The Balaban J connectivity index is 2.20. The van der Waals surface area contributed by atoms with Crippen molar-refractivity contribution in [1.82, 2.24) is 14.9 Å². The second kappa shape index (κ2) is 6.17. The topological polar surface area (TPSA) is 84.1 Å². The van der Waals surface area contributed by atoms with Crippen molar-refractivity contribution >= 4 is 34.7 Å². The molecule has 0 radical (unpaired) electrons. The van der Waals surface area contributed by atoms with Gasteiger partial charge in [0.1, 0.15) is 11.5 Å². The molecule has 20 heavy (non-hydrogen) atoms. The second-order valence-electron chi connectivity index (χ2n) is 4.19.